The lowest BCUT2D eigenvalue weighted by Gasteiger charge is -2.34. The van der Waals surface area contributed by atoms with Crippen molar-refractivity contribution in [3.05, 3.63) is 59.2 Å². The van der Waals surface area contributed by atoms with Crippen molar-refractivity contribution in [2.45, 2.75) is 84.9 Å². The number of benzene rings is 2. The van der Waals surface area contributed by atoms with Gasteiger partial charge in [0.25, 0.3) is 5.91 Å². The van der Waals surface area contributed by atoms with Crippen molar-refractivity contribution >= 4 is 23.6 Å². The van der Waals surface area contributed by atoms with Crippen LogP contribution in [0.3, 0.4) is 0 Å². The fourth-order valence-corrected chi connectivity index (χ4v) is 4.28. The number of carbonyl (C=O) groups excluding carboxylic acids is 3. The molecule has 2 aromatic carbocycles. The zero-order chi connectivity index (χ0) is 29.2. The average molecular weight is 542 g/mol. The van der Waals surface area contributed by atoms with Gasteiger partial charge in [-0.1, -0.05) is 62.6 Å². The number of para-hydroxylation sites is 2. The van der Waals surface area contributed by atoms with Gasteiger partial charge in [0.05, 0.1) is 6.61 Å². The first kappa shape index (κ1) is 31.6. The lowest BCUT2D eigenvalue weighted by atomic mass is 10.00. The van der Waals surface area contributed by atoms with E-state index in [2.05, 4.69) is 17.6 Å². The molecule has 2 unspecified atom stereocenters. The molecule has 0 bridgehead atoms. The van der Waals surface area contributed by atoms with E-state index in [-0.39, 0.29) is 17.9 Å². The molecule has 0 saturated carbocycles. The van der Waals surface area contributed by atoms with Crippen LogP contribution in [0.15, 0.2) is 42.5 Å². The Kier molecular flexibility index (Phi) is 11.8. The Morgan fingerprint density at radius 3 is 2.18 bits per heavy atom. The number of unbranched alkanes of at least 4 members (excludes halogenated alkanes) is 3. The minimum Gasteiger partial charge on any atom is -0.508 e. The van der Waals surface area contributed by atoms with E-state index in [0.717, 1.165) is 30.4 Å². The maximum atomic E-state index is 13.9. The molecule has 39 heavy (non-hydrogen) atoms. The highest BCUT2D eigenvalue weighted by Gasteiger charge is 2.37. The van der Waals surface area contributed by atoms with E-state index >= 15 is 0 Å². The van der Waals surface area contributed by atoms with Crippen LogP contribution in [0, 0.1) is 13.8 Å². The summed E-state index contributed by atoms with van der Waals surface area (Å²) in [6.07, 6.45) is 2.46. The fourth-order valence-electron chi connectivity index (χ4n) is 4.28. The number of carbonyl (C=O) groups is 3. The van der Waals surface area contributed by atoms with E-state index in [0.29, 0.717) is 12.1 Å². The normalized spacial score (nSPS) is 12.8. The summed E-state index contributed by atoms with van der Waals surface area (Å²) < 4.78 is 5.28. The van der Waals surface area contributed by atoms with Gasteiger partial charge in [0, 0.05) is 17.8 Å². The number of rotatable bonds is 12. The second-order valence-corrected chi connectivity index (χ2v) is 10.7. The van der Waals surface area contributed by atoms with E-state index in [1.807, 2.05) is 32.0 Å². The van der Waals surface area contributed by atoms with Gasteiger partial charge in [-0.3, -0.25) is 9.59 Å². The van der Waals surface area contributed by atoms with E-state index in [1.54, 1.807) is 39.0 Å². The number of aliphatic hydroxyl groups excluding tert-OH is 1. The molecule has 0 radical (unpaired) electrons. The van der Waals surface area contributed by atoms with Crippen molar-refractivity contribution in [1.82, 2.24) is 10.2 Å². The maximum Gasteiger partial charge on any atom is 0.408 e. The number of aromatic hydroxyl groups is 1. The number of ether oxygens (including phenoxy) is 1. The lowest BCUT2D eigenvalue weighted by molar-refractivity contribution is -0.141. The quantitative estimate of drug-likeness (QED) is 0.281. The Bertz CT molecular complexity index is 1110. The second kappa shape index (κ2) is 14.5. The number of amides is 3. The molecule has 2 atom stereocenters. The SMILES string of the molecule is CCCCCCN(C(=O)C(CO)NC(=O)OC(C)(C)C)C(C(=O)Nc1c(C)cccc1C)c1ccccc1O. The molecule has 0 fully saturated rings. The fraction of sp³-hybridized carbons (Fsp3) is 0.500. The molecule has 9 heteroatoms. The molecule has 3 amide bonds. The van der Waals surface area contributed by atoms with Crippen molar-refractivity contribution in [3.8, 4) is 5.75 Å². The predicted octanol–water partition coefficient (Wildman–Crippen LogP) is 4.98. The molecule has 0 aromatic heterocycles. The minimum atomic E-state index is -1.35. The molecule has 0 spiro atoms. The first-order valence-electron chi connectivity index (χ1n) is 13.4. The average Bonchev–Trinajstić information content (AvgIpc) is 2.86. The van der Waals surface area contributed by atoms with Crippen LogP contribution in [0.2, 0.25) is 0 Å². The topological polar surface area (TPSA) is 128 Å². The lowest BCUT2D eigenvalue weighted by Crippen LogP contribution is -2.54. The predicted molar refractivity (Wildman–Crippen MR) is 151 cm³/mol. The van der Waals surface area contributed by atoms with Crippen molar-refractivity contribution in [1.29, 1.82) is 0 Å². The van der Waals surface area contributed by atoms with E-state index in [1.165, 1.54) is 11.0 Å². The van der Waals surface area contributed by atoms with Crippen LogP contribution in [-0.4, -0.2) is 57.8 Å². The van der Waals surface area contributed by atoms with Gasteiger partial charge in [0.2, 0.25) is 5.91 Å². The van der Waals surface area contributed by atoms with Gasteiger partial charge in [-0.25, -0.2) is 4.79 Å². The van der Waals surface area contributed by atoms with Gasteiger partial charge in [-0.05, 0) is 58.2 Å². The summed E-state index contributed by atoms with van der Waals surface area (Å²) in [5, 5.41) is 26.2. The Balaban J connectivity index is 2.53. The van der Waals surface area contributed by atoms with Crippen molar-refractivity contribution in [2.75, 3.05) is 18.5 Å². The summed E-state index contributed by atoms with van der Waals surface area (Å²) in [7, 11) is 0. The largest absolute Gasteiger partial charge is 0.508 e. The smallest absolute Gasteiger partial charge is 0.408 e. The zero-order valence-electron chi connectivity index (χ0n) is 23.9. The number of hydrogen-bond donors (Lipinski definition) is 4. The van der Waals surface area contributed by atoms with E-state index in [4.69, 9.17) is 4.74 Å². The highest BCUT2D eigenvalue weighted by atomic mass is 16.6. The molecule has 4 N–H and O–H groups in total. The van der Waals surface area contributed by atoms with Crippen molar-refractivity contribution in [3.63, 3.8) is 0 Å². The number of nitrogens with one attached hydrogen (secondary N) is 2. The van der Waals surface area contributed by atoms with Crippen LogP contribution in [-0.2, 0) is 14.3 Å². The third kappa shape index (κ3) is 9.28. The maximum absolute atomic E-state index is 13.9. The van der Waals surface area contributed by atoms with Gasteiger partial charge in [-0.2, -0.15) is 0 Å². The summed E-state index contributed by atoms with van der Waals surface area (Å²) in [4.78, 5) is 41.6. The summed E-state index contributed by atoms with van der Waals surface area (Å²) >= 11 is 0. The van der Waals surface area contributed by atoms with E-state index < -0.39 is 42.2 Å². The molecular formula is C30H43N3O6. The highest BCUT2D eigenvalue weighted by Crippen LogP contribution is 2.32. The molecule has 214 valence electrons. The van der Waals surface area contributed by atoms with Crippen molar-refractivity contribution in [2.24, 2.45) is 0 Å². The van der Waals surface area contributed by atoms with E-state index in [9.17, 15) is 24.6 Å². The second-order valence-electron chi connectivity index (χ2n) is 10.7. The van der Waals surface area contributed by atoms with Crippen LogP contribution in [0.1, 0.15) is 76.1 Å². The number of phenolic OH excluding ortho intramolecular Hbond substituents is 1. The molecule has 2 rings (SSSR count). The standard InChI is InChI=1S/C30H43N3O6/c1-7-8-9-12-18-33(28(37)23(19-34)31-29(38)39-30(4,5)6)26(22-16-10-11-17-24(22)35)27(36)32-25-20(2)14-13-15-21(25)3/h10-11,13-17,23,26,34-35H,7-9,12,18-19H2,1-6H3,(H,31,38)(H,32,36). The Morgan fingerprint density at radius 2 is 1.62 bits per heavy atom. The highest BCUT2D eigenvalue weighted by molar-refractivity contribution is 6.00. The number of alkyl carbamates (subject to hydrolysis) is 1. The van der Waals surface area contributed by atoms with Gasteiger partial charge < -0.3 is 30.5 Å². The van der Waals surface area contributed by atoms with Crippen LogP contribution >= 0.6 is 0 Å². The molecule has 2 aromatic rings. The van der Waals surface area contributed by atoms with Crippen LogP contribution in [0.25, 0.3) is 0 Å². The Labute approximate surface area is 231 Å². The van der Waals surface area contributed by atoms with Gasteiger partial charge >= 0.3 is 6.09 Å². The van der Waals surface area contributed by atoms with Crippen molar-refractivity contribution < 1.29 is 29.3 Å². The first-order valence-corrected chi connectivity index (χ1v) is 13.4. The number of phenols is 1. The number of aliphatic hydroxyl groups is 1. The number of aryl methyl sites for hydroxylation is 2. The Morgan fingerprint density at radius 1 is 0.974 bits per heavy atom. The molecule has 0 aliphatic carbocycles. The molecule has 9 nitrogen and oxygen atoms in total. The third-order valence-corrected chi connectivity index (χ3v) is 6.23. The minimum absolute atomic E-state index is 0.147. The molecule has 0 heterocycles. The first-order chi connectivity index (χ1) is 18.4. The van der Waals surface area contributed by atoms with Crippen LogP contribution < -0.4 is 10.6 Å². The monoisotopic (exact) mass is 541 g/mol. The zero-order valence-corrected chi connectivity index (χ0v) is 23.9. The molecular weight excluding hydrogens is 498 g/mol. The van der Waals surface area contributed by atoms with Gasteiger partial charge in [0.1, 0.15) is 23.4 Å². The van der Waals surface area contributed by atoms with Crippen LogP contribution in [0.4, 0.5) is 10.5 Å². The Hall–Kier alpha value is -3.59. The third-order valence-electron chi connectivity index (χ3n) is 6.23. The van der Waals surface area contributed by atoms with Gasteiger partial charge in [-0.15, -0.1) is 0 Å². The molecule has 0 aliphatic rings. The summed E-state index contributed by atoms with van der Waals surface area (Å²) in [5.74, 6) is -1.33. The summed E-state index contributed by atoms with van der Waals surface area (Å²) in [6.45, 7) is 10.4. The number of hydrogen-bond acceptors (Lipinski definition) is 6. The van der Waals surface area contributed by atoms with Gasteiger partial charge in [0.15, 0.2) is 0 Å². The summed E-state index contributed by atoms with van der Waals surface area (Å²) in [6, 6.07) is 9.40. The summed E-state index contributed by atoms with van der Waals surface area (Å²) in [5.41, 5.74) is 1.74. The number of nitrogens with zero attached hydrogens (tertiary/aromatic N) is 1. The van der Waals surface area contributed by atoms with Crippen LogP contribution in [0.5, 0.6) is 5.75 Å². The molecule has 0 saturated heterocycles. The molecule has 0 aliphatic heterocycles. The number of anilines is 1.